The number of carbonyl (C=O) groups is 1. The number of aromatic nitrogens is 2. The van der Waals surface area contributed by atoms with Crippen molar-refractivity contribution in [1.29, 1.82) is 5.26 Å². The van der Waals surface area contributed by atoms with Crippen LogP contribution in [0.2, 0.25) is 0 Å². The number of alkyl halides is 1. The van der Waals surface area contributed by atoms with Gasteiger partial charge in [0.05, 0.1) is 0 Å². The third kappa shape index (κ3) is 5.05. The van der Waals surface area contributed by atoms with Crippen LogP contribution in [0.15, 0.2) is 24.5 Å². The fraction of sp³-hybridized carbons (Fsp3) is 0.333. The van der Waals surface area contributed by atoms with Gasteiger partial charge in [0, 0.05) is 28.3 Å². The molecule has 0 aliphatic heterocycles. The number of rotatable bonds is 6. The first-order chi connectivity index (χ1) is 12.2. The third-order valence-corrected chi connectivity index (χ3v) is 4.00. The van der Waals surface area contributed by atoms with Gasteiger partial charge in [0.15, 0.2) is 5.82 Å². The average Bonchev–Trinajstić information content (AvgIpc) is 2.60. The SMILES string of the molecule is CNC(=O)c1ccc(C)c(Nc2ncnc(NCC(C)(C)I)c2C#N)c1. The lowest BCUT2D eigenvalue weighted by molar-refractivity contribution is 0.0963. The van der Waals surface area contributed by atoms with Gasteiger partial charge in [-0.25, -0.2) is 9.97 Å². The molecule has 0 spiro atoms. The summed E-state index contributed by atoms with van der Waals surface area (Å²) in [4.78, 5) is 20.2. The molecular formula is C18H21IN6O. The highest BCUT2D eigenvalue weighted by molar-refractivity contribution is 14.1. The zero-order valence-corrected chi connectivity index (χ0v) is 17.3. The number of aryl methyl sites for hydroxylation is 1. The molecule has 1 aromatic heterocycles. The Hall–Kier alpha value is -2.41. The average molecular weight is 464 g/mol. The Balaban J connectivity index is 2.35. The zero-order valence-electron chi connectivity index (χ0n) is 15.1. The summed E-state index contributed by atoms with van der Waals surface area (Å²) >= 11 is 2.33. The molecule has 0 saturated carbocycles. The van der Waals surface area contributed by atoms with Gasteiger partial charge in [-0.05, 0) is 38.5 Å². The van der Waals surface area contributed by atoms with Crippen LogP contribution in [0, 0.1) is 18.3 Å². The molecule has 0 aliphatic rings. The molecule has 26 heavy (non-hydrogen) atoms. The van der Waals surface area contributed by atoms with E-state index in [9.17, 15) is 10.1 Å². The van der Waals surface area contributed by atoms with E-state index in [4.69, 9.17) is 0 Å². The summed E-state index contributed by atoms with van der Waals surface area (Å²) in [5, 5.41) is 18.5. The van der Waals surface area contributed by atoms with Crippen LogP contribution in [-0.2, 0) is 0 Å². The number of amides is 1. The highest BCUT2D eigenvalue weighted by Crippen LogP contribution is 2.26. The molecule has 0 bridgehead atoms. The molecule has 2 aromatic rings. The number of carbonyl (C=O) groups excluding carboxylic acids is 1. The van der Waals surface area contributed by atoms with Crippen LogP contribution < -0.4 is 16.0 Å². The molecule has 0 saturated heterocycles. The first-order valence-electron chi connectivity index (χ1n) is 8.03. The second-order valence-corrected chi connectivity index (χ2v) is 9.28. The molecule has 0 atom stereocenters. The first-order valence-corrected chi connectivity index (χ1v) is 9.10. The lowest BCUT2D eigenvalue weighted by Gasteiger charge is -2.18. The van der Waals surface area contributed by atoms with E-state index in [1.807, 2.05) is 13.0 Å². The fourth-order valence-corrected chi connectivity index (χ4v) is 2.37. The molecule has 8 heteroatoms. The van der Waals surface area contributed by atoms with Crippen LogP contribution in [0.3, 0.4) is 0 Å². The lowest BCUT2D eigenvalue weighted by atomic mass is 10.1. The summed E-state index contributed by atoms with van der Waals surface area (Å²) < 4.78 is 0.0153. The highest BCUT2D eigenvalue weighted by Gasteiger charge is 2.17. The van der Waals surface area contributed by atoms with E-state index in [0.29, 0.717) is 35.0 Å². The molecule has 0 radical (unpaired) electrons. The summed E-state index contributed by atoms with van der Waals surface area (Å²) in [7, 11) is 1.58. The van der Waals surface area contributed by atoms with Gasteiger partial charge >= 0.3 is 0 Å². The summed E-state index contributed by atoms with van der Waals surface area (Å²) in [6.45, 7) is 6.74. The summed E-state index contributed by atoms with van der Waals surface area (Å²) in [5.41, 5.74) is 2.50. The van der Waals surface area contributed by atoms with Gasteiger partial charge < -0.3 is 16.0 Å². The van der Waals surface area contributed by atoms with E-state index in [1.165, 1.54) is 6.33 Å². The minimum absolute atomic E-state index is 0.0153. The number of hydrogen-bond donors (Lipinski definition) is 3. The summed E-state index contributed by atoms with van der Waals surface area (Å²) in [6.07, 6.45) is 1.41. The number of nitriles is 1. The van der Waals surface area contributed by atoms with Gasteiger partial charge in [-0.2, -0.15) is 5.26 Å². The quantitative estimate of drug-likeness (QED) is 0.448. The molecule has 7 nitrogen and oxygen atoms in total. The Morgan fingerprint density at radius 3 is 2.62 bits per heavy atom. The molecule has 0 unspecified atom stereocenters. The Morgan fingerprint density at radius 2 is 2.00 bits per heavy atom. The van der Waals surface area contributed by atoms with E-state index < -0.39 is 0 Å². The van der Waals surface area contributed by atoms with Crippen molar-refractivity contribution in [2.24, 2.45) is 0 Å². The number of anilines is 3. The van der Waals surface area contributed by atoms with Crippen molar-refractivity contribution in [2.75, 3.05) is 24.2 Å². The predicted octanol–water partition coefficient (Wildman–Crippen LogP) is 3.39. The van der Waals surface area contributed by atoms with E-state index in [-0.39, 0.29) is 9.33 Å². The molecular weight excluding hydrogens is 443 g/mol. The maximum absolute atomic E-state index is 11.9. The first kappa shape index (κ1) is 19.9. The highest BCUT2D eigenvalue weighted by atomic mass is 127. The molecule has 2 rings (SSSR count). The largest absolute Gasteiger partial charge is 0.367 e. The molecule has 0 aliphatic carbocycles. The Bertz CT molecular complexity index is 854. The maximum atomic E-state index is 11.9. The zero-order chi connectivity index (χ0) is 19.3. The topological polar surface area (TPSA) is 103 Å². The van der Waals surface area contributed by atoms with Crippen molar-refractivity contribution in [3.8, 4) is 6.07 Å². The lowest BCUT2D eigenvalue weighted by Crippen LogP contribution is -2.23. The number of benzene rings is 1. The van der Waals surface area contributed by atoms with E-state index >= 15 is 0 Å². The molecule has 0 fully saturated rings. The Kier molecular flexibility index (Phi) is 6.37. The number of nitrogens with zero attached hydrogens (tertiary/aromatic N) is 3. The van der Waals surface area contributed by atoms with Crippen LogP contribution in [0.25, 0.3) is 0 Å². The van der Waals surface area contributed by atoms with Crippen LogP contribution >= 0.6 is 22.6 Å². The van der Waals surface area contributed by atoms with Gasteiger partial charge in [0.25, 0.3) is 5.91 Å². The normalized spacial score (nSPS) is 10.8. The van der Waals surface area contributed by atoms with Gasteiger partial charge in [-0.15, -0.1) is 0 Å². The van der Waals surface area contributed by atoms with Gasteiger partial charge in [0.1, 0.15) is 23.8 Å². The number of halogens is 1. The van der Waals surface area contributed by atoms with Crippen LogP contribution in [0.4, 0.5) is 17.3 Å². The van der Waals surface area contributed by atoms with Crippen molar-refractivity contribution in [2.45, 2.75) is 24.2 Å². The van der Waals surface area contributed by atoms with Crippen molar-refractivity contribution in [1.82, 2.24) is 15.3 Å². The maximum Gasteiger partial charge on any atom is 0.251 e. The third-order valence-electron chi connectivity index (χ3n) is 3.62. The second-order valence-electron chi connectivity index (χ2n) is 6.36. The molecule has 3 N–H and O–H groups in total. The van der Waals surface area contributed by atoms with Crippen molar-refractivity contribution in [3.63, 3.8) is 0 Å². The second kappa shape index (κ2) is 8.31. The Morgan fingerprint density at radius 1 is 1.31 bits per heavy atom. The van der Waals surface area contributed by atoms with Gasteiger partial charge in [-0.1, -0.05) is 28.7 Å². The van der Waals surface area contributed by atoms with Crippen LogP contribution in [0.5, 0.6) is 0 Å². The molecule has 1 aromatic carbocycles. The van der Waals surface area contributed by atoms with Crippen molar-refractivity contribution in [3.05, 3.63) is 41.2 Å². The van der Waals surface area contributed by atoms with Crippen LogP contribution in [0.1, 0.15) is 35.3 Å². The number of hydrogen-bond acceptors (Lipinski definition) is 6. The standard InChI is InChI=1S/C18H21IN6O/c1-11-5-6-12(17(26)21-4)7-14(11)25-16-13(8-20)15(23-10-24-16)22-9-18(2,3)19/h5-7,10H,9H2,1-4H3,(H,21,26)(H2,22,23,24,25). The molecule has 1 amide bonds. The van der Waals surface area contributed by atoms with Crippen molar-refractivity contribution < 1.29 is 4.79 Å². The van der Waals surface area contributed by atoms with Gasteiger partial charge in [0.2, 0.25) is 0 Å². The minimum Gasteiger partial charge on any atom is -0.367 e. The van der Waals surface area contributed by atoms with Crippen molar-refractivity contribution >= 4 is 45.8 Å². The monoisotopic (exact) mass is 464 g/mol. The van der Waals surface area contributed by atoms with E-state index in [0.717, 1.165) is 5.56 Å². The minimum atomic E-state index is -0.178. The van der Waals surface area contributed by atoms with E-state index in [2.05, 4.69) is 68.4 Å². The van der Waals surface area contributed by atoms with Crippen LogP contribution in [-0.4, -0.2) is 32.9 Å². The van der Waals surface area contributed by atoms with E-state index in [1.54, 1.807) is 19.2 Å². The summed E-state index contributed by atoms with van der Waals surface area (Å²) in [5.74, 6) is 0.700. The molecule has 1 heterocycles. The smallest absolute Gasteiger partial charge is 0.251 e. The fourth-order valence-electron chi connectivity index (χ4n) is 2.18. The number of nitrogens with one attached hydrogen (secondary N) is 3. The predicted molar refractivity (Wildman–Crippen MR) is 111 cm³/mol. The molecule has 136 valence electrons. The summed E-state index contributed by atoms with van der Waals surface area (Å²) in [6, 6.07) is 7.49. The van der Waals surface area contributed by atoms with Gasteiger partial charge in [-0.3, -0.25) is 4.79 Å². The Labute approximate surface area is 166 Å².